The standard InChI is InChI=1S/C11H11N3O2/c1-3-16-11(15)10-12-9-6-7(2)4-5-8(9)13-14-10/h4-6H,3H2,1-2H3. The first-order valence-electron chi connectivity index (χ1n) is 4.99. The number of fused-ring (bicyclic) bond motifs is 1. The summed E-state index contributed by atoms with van der Waals surface area (Å²) in [5.74, 6) is -0.543. The van der Waals surface area contributed by atoms with E-state index in [0.29, 0.717) is 17.6 Å². The van der Waals surface area contributed by atoms with Crippen LogP contribution in [-0.4, -0.2) is 27.8 Å². The first-order valence-corrected chi connectivity index (χ1v) is 4.99. The van der Waals surface area contributed by atoms with E-state index in [0.717, 1.165) is 5.56 Å². The van der Waals surface area contributed by atoms with Crippen molar-refractivity contribution in [2.75, 3.05) is 6.61 Å². The van der Waals surface area contributed by atoms with Crippen LogP contribution in [0.4, 0.5) is 0 Å². The molecule has 0 radical (unpaired) electrons. The molecule has 82 valence electrons. The van der Waals surface area contributed by atoms with Gasteiger partial charge in [-0.05, 0) is 31.5 Å². The predicted molar refractivity (Wildman–Crippen MR) is 58.0 cm³/mol. The third-order valence-corrected chi connectivity index (χ3v) is 2.07. The van der Waals surface area contributed by atoms with Gasteiger partial charge in [-0.15, -0.1) is 10.2 Å². The number of rotatable bonds is 2. The van der Waals surface area contributed by atoms with Crippen LogP contribution in [0, 0.1) is 6.92 Å². The third kappa shape index (κ3) is 1.98. The van der Waals surface area contributed by atoms with Crippen LogP contribution in [0.5, 0.6) is 0 Å². The predicted octanol–water partition coefficient (Wildman–Crippen LogP) is 1.51. The molecule has 0 N–H and O–H groups in total. The number of nitrogens with zero attached hydrogens (tertiary/aromatic N) is 3. The smallest absolute Gasteiger partial charge is 0.378 e. The maximum absolute atomic E-state index is 11.4. The second-order valence-electron chi connectivity index (χ2n) is 3.35. The van der Waals surface area contributed by atoms with E-state index >= 15 is 0 Å². The van der Waals surface area contributed by atoms with E-state index in [2.05, 4.69) is 15.2 Å². The summed E-state index contributed by atoms with van der Waals surface area (Å²) < 4.78 is 4.80. The van der Waals surface area contributed by atoms with Crippen molar-refractivity contribution in [3.05, 3.63) is 29.6 Å². The zero-order valence-electron chi connectivity index (χ0n) is 9.10. The van der Waals surface area contributed by atoms with Crippen LogP contribution in [0.2, 0.25) is 0 Å². The molecule has 1 heterocycles. The Morgan fingerprint density at radius 1 is 1.31 bits per heavy atom. The Bertz CT molecular complexity index is 540. The van der Waals surface area contributed by atoms with Crippen molar-refractivity contribution in [2.45, 2.75) is 13.8 Å². The zero-order chi connectivity index (χ0) is 11.5. The summed E-state index contributed by atoms with van der Waals surface area (Å²) >= 11 is 0. The highest BCUT2D eigenvalue weighted by Gasteiger charge is 2.11. The largest absolute Gasteiger partial charge is 0.460 e. The highest BCUT2D eigenvalue weighted by molar-refractivity contribution is 5.87. The fraction of sp³-hybridized carbons (Fsp3) is 0.273. The van der Waals surface area contributed by atoms with Crippen molar-refractivity contribution in [1.82, 2.24) is 15.2 Å². The van der Waals surface area contributed by atoms with E-state index in [-0.39, 0.29) is 5.82 Å². The van der Waals surface area contributed by atoms with Crippen LogP contribution in [0.25, 0.3) is 11.0 Å². The molecule has 0 aliphatic heterocycles. The minimum atomic E-state index is -0.543. The lowest BCUT2D eigenvalue weighted by Crippen LogP contribution is -2.10. The summed E-state index contributed by atoms with van der Waals surface area (Å²) in [5, 5.41) is 7.63. The van der Waals surface area contributed by atoms with Crippen LogP contribution < -0.4 is 0 Å². The quantitative estimate of drug-likeness (QED) is 0.713. The van der Waals surface area contributed by atoms with E-state index in [9.17, 15) is 4.79 Å². The SMILES string of the molecule is CCOC(=O)c1nnc2ccc(C)cc2n1. The number of aromatic nitrogens is 3. The summed E-state index contributed by atoms with van der Waals surface area (Å²) in [6, 6.07) is 5.59. The van der Waals surface area contributed by atoms with Gasteiger partial charge in [0, 0.05) is 0 Å². The second-order valence-corrected chi connectivity index (χ2v) is 3.35. The van der Waals surface area contributed by atoms with Gasteiger partial charge in [-0.25, -0.2) is 9.78 Å². The first kappa shape index (κ1) is 10.5. The molecule has 0 fully saturated rings. The Hall–Kier alpha value is -2.04. The number of ether oxygens (including phenoxy) is 1. The van der Waals surface area contributed by atoms with Crippen molar-refractivity contribution in [3.8, 4) is 0 Å². The first-order chi connectivity index (χ1) is 7.70. The van der Waals surface area contributed by atoms with Crippen LogP contribution in [0.15, 0.2) is 18.2 Å². The van der Waals surface area contributed by atoms with Gasteiger partial charge in [-0.1, -0.05) is 6.07 Å². The second kappa shape index (κ2) is 4.22. The molecule has 0 unspecified atom stereocenters. The summed E-state index contributed by atoms with van der Waals surface area (Å²) in [6.07, 6.45) is 0. The van der Waals surface area contributed by atoms with E-state index in [4.69, 9.17) is 4.74 Å². The monoisotopic (exact) mass is 217 g/mol. The fourth-order valence-corrected chi connectivity index (χ4v) is 1.33. The average molecular weight is 217 g/mol. The lowest BCUT2D eigenvalue weighted by atomic mass is 10.2. The Kier molecular flexibility index (Phi) is 2.76. The number of hydrogen-bond donors (Lipinski definition) is 0. The molecule has 0 aliphatic carbocycles. The molecule has 0 atom stereocenters. The Balaban J connectivity index is 2.46. The van der Waals surface area contributed by atoms with Gasteiger partial charge in [-0.3, -0.25) is 0 Å². The molecule has 0 spiro atoms. The van der Waals surface area contributed by atoms with Crippen LogP contribution in [0.3, 0.4) is 0 Å². The molecule has 2 rings (SSSR count). The highest BCUT2D eigenvalue weighted by Crippen LogP contribution is 2.10. The summed E-state index contributed by atoms with van der Waals surface area (Å²) in [5.41, 5.74) is 2.37. The van der Waals surface area contributed by atoms with Crippen LogP contribution in [-0.2, 0) is 4.74 Å². The summed E-state index contributed by atoms with van der Waals surface area (Å²) in [4.78, 5) is 15.5. The molecule has 2 aromatic rings. The lowest BCUT2D eigenvalue weighted by Gasteiger charge is -2.01. The van der Waals surface area contributed by atoms with E-state index in [1.165, 1.54) is 0 Å². The Morgan fingerprint density at radius 2 is 2.12 bits per heavy atom. The van der Waals surface area contributed by atoms with Gasteiger partial charge in [0.05, 0.1) is 12.1 Å². The fourth-order valence-electron chi connectivity index (χ4n) is 1.33. The molecule has 1 aromatic carbocycles. The molecule has 5 heteroatoms. The number of aryl methyl sites for hydroxylation is 1. The summed E-state index contributed by atoms with van der Waals surface area (Å²) in [7, 11) is 0. The average Bonchev–Trinajstić information content (AvgIpc) is 2.28. The summed E-state index contributed by atoms with van der Waals surface area (Å²) in [6.45, 7) is 3.98. The molecule has 0 saturated heterocycles. The highest BCUT2D eigenvalue weighted by atomic mass is 16.5. The minimum Gasteiger partial charge on any atom is -0.460 e. The van der Waals surface area contributed by atoms with Gasteiger partial charge in [0.15, 0.2) is 0 Å². The number of hydrogen-bond acceptors (Lipinski definition) is 5. The van der Waals surface area contributed by atoms with Crippen molar-refractivity contribution in [1.29, 1.82) is 0 Å². The molecule has 5 nitrogen and oxygen atoms in total. The molecule has 0 aliphatic rings. The number of carbonyl (C=O) groups is 1. The molecule has 0 saturated carbocycles. The van der Waals surface area contributed by atoms with Gasteiger partial charge in [0.1, 0.15) is 5.52 Å². The maximum atomic E-state index is 11.4. The van der Waals surface area contributed by atoms with Gasteiger partial charge in [-0.2, -0.15) is 0 Å². The molecule has 1 aromatic heterocycles. The normalized spacial score (nSPS) is 10.4. The molecular formula is C11H11N3O2. The molecule has 0 bridgehead atoms. The topological polar surface area (TPSA) is 65.0 Å². The number of carbonyl (C=O) groups excluding carboxylic acids is 1. The van der Waals surface area contributed by atoms with E-state index in [1.807, 2.05) is 25.1 Å². The van der Waals surface area contributed by atoms with Crippen molar-refractivity contribution >= 4 is 17.0 Å². The van der Waals surface area contributed by atoms with Crippen LogP contribution in [0.1, 0.15) is 23.1 Å². The van der Waals surface area contributed by atoms with Crippen molar-refractivity contribution in [3.63, 3.8) is 0 Å². The van der Waals surface area contributed by atoms with E-state index < -0.39 is 5.97 Å². The van der Waals surface area contributed by atoms with Crippen LogP contribution >= 0.6 is 0 Å². The van der Waals surface area contributed by atoms with Crippen molar-refractivity contribution in [2.24, 2.45) is 0 Å². The molecule has 16 heavy (non-hydrogen) atoms. The van der Waals surface area contributed by atoms with Gasteiger partial charge >= 0.3 is 5.97 Å². The maximum Gasteiger partial charge on any atom is 0.378 e. The third-order valence-electron chi connectivity index (χ3n) is 2.07. The minimum absolute atomic E-state index is 0.0000463. The van der Waals surface area contributed by atoms with Gasteiger partial charge in [0.2, 0.25) is 0 Å². The van der Waals surface area contributed by atoms with Gasteiger partial charge in [0.25, 0.3) is 5.82 Å². The zero-order valence-corrected chi connectivity index (χ0v) is 9.10. The number of benzene rings is 1. The Labute approximate surface area is 92.5 Å². The number of esters is 1. The Morgan fingerprint density at radius 3 is 2.88 bits per heavy atom. The lowest BCUT2D eigenvalue weighted by molar-refractivity contribution is 0.0511. The van der Waals surface area contributed by atoms with E-state index in [1.54, 1.807) is 6.92 Å². The molecular weight excluding hydrogens is 206 g/mol. The van der Waals surface area contributed by atoms with Gasteiger partial charge < -0.3 is 4.74 Å². The molecule has 0 amide bonds. The van der Waals surface area contributed by atoms with Crippen molar-refractivity contribution < 1.29 is 9.53 Å².